The summed E-state index contributed by atoms with van der Waals surface area (Å²) < 4.78 is 0. The Hall–Kier alpha value is -3.24. The van der Waals surface area contributed by atoms with Crippen LogP contribution in [0.25, 0.3) is 21.5 Å². The van der Waals surface area contributed by atoms with Crippen LogP contribution in [0.4, 0.5) is 0 Å². The average Bonchev–Trinajstić information content (AvgIpc) is 2.70. The average molecular weight is 351 g/mol. The van der Waals surface area contributed by atoms with E-state index in [0.717, 1.165) is 18.4 Å². The van der Waals surface area contributed by atoms with Crippen LogP contribution in [0.3, 0.4) is 0 Å². The molecule has 0 atom stereocenters. The molecule has 1 heteroatoms. The highest BCUT2D eigenvalue weighted by Crippen LogP contribution is 2.26. The molecular weight excluding hydrogens is 326 g/mol. The van der Waals surface area contributed by atoms with Crippen molar-refractivity contribution < 1.29 is 0 Å². The van der Waals surface area contributed by atoms with Gasteiger partial charge in [0, 0.05) is 18.0 Å². The lowest BCUT2D eigenvalue weighted by Crippen LogP contribution is -1.97. The molecule has 3 rings (SSSR count). The van der Waals surface area contributed by atoms with Gasteiger partial charge in [-0.05, 0) is 72.0 Å². The second kappa shape index (κ2) is 9.46. The van der Waals surface area contributed by atoms with Gasteiger partial charge in [-0.15, -0.1) is 5.92 Å². The highest BCUT2D eigenvalue weighted by atomic mass is 14.8. The third kappa shape index (κ3) is 4.90. The first-order valence-electron chi connectivity index (χ1n) is 9.38. The molecule has 0 radical (unpaired) electrons. The van der Waals surface area contributed by atoms with Gasteiger partial charge in [0.15, 0.2) is 0 Å². The van der Waals surface area contributed by atoms with Crippen molar-refractivity contribution in [2.45, 2.75) is 26.7 Å². The lowest BCUT2D eigenvalue weighted by atomic mass is 9.96. The monoisotopic (exact) mass is 351 g/mol. The Morgan fingerprint density at radius 1 is 0.963 bits per heavy atom. The van der Waals surface area contributed by atoms with E-state index in [1.807, 2.05) is 44.5 Å². The smallest absolute Gasteiger partial charge is 0.0183 e. The molecule has 0 amide bonds. The van der Waals surface area contributed by atoms with Gasteiger partial charge in [-0.1, -0.05) is 60.5 Å². The van der Waals surface area contributed by atoms with Crippen molar-refractivity contribution in [3.8, 4) is 11.8 Å². The van der Waals surface area contributed by atoms with Gasteiger partial charge in [0.25, 0.3) is 0 Å². The normalized spacial score (nSPS) is 12.0. The van der Waals surface area contributed by atoms with E-state index in [-0.39, 0.29) is 0 Å². The van der Waals surface area contributed by atoms with Crippen LogP contribution in [0.5, 0.6) is 0 Å². The van der Waals surface area contributed by atoms with E-state index in [0.29, 0.717) is 0 Å². The van der Waals surface area contributed by atoms with Crippen molar-refractivity contribution in [3.63, 3.8) is 0 Å². The molecule has 0 saturated carbocycles. The summed E-state index contributed by atoms with van der Waals surface area (Å²) >= 11 is 0. The van der Waals surface area contributed by atoms with Crippen molar-refractivity contribution in [3.05, 3.63) is 96.4 Å². The molecule has 0 fully saturated rings. The number of benzene rings is 3. The zero-order valence-electron chi connectivity index (χ0n) is 16.0. The van der Waals surface area contributed by atoms with E-state index in [2.05, 4.69) is 71.8 Å². The van der Waals surface area contributed by atoms with E-state index in [9.17, 15) is 0 Å². The molecule has 1 nitrogen and oxygen atoms in total. The summed E-state index contributed by atoms with van der Waals surface area (Å²) in [6, 6.07) is 19.7. The Balaban J connectivity index is 1.83. The fourth-order valence-corrected chi connectivity index (χ4v) is 3.22. The van der Waals surface area contributed by atoms with Crippen LogP contribution < -0.4 is 5.32 Å². The van der Waals surface area contributed by atoms with Gasteiger partial charge in [-0.25, -0.2) is 0 Å². The van der Waals surface area contributed by atoms with Crippen molar-refractivity contribution in [1.82, 2.24) is 5.32 Å². The molecule has 0 aliphatic heterocycles. The standard InChI is InChI=1S/C26H25N/c1-3-5-8-17-27-20-21(10-4-2)15-16-22-13-9-14-25-18-23-11-6-7-12-24(23)19-26(22)25/h3,5-9,11-14,17-20,27H,15-16H2,1-2H3. The number of nitrogens with one attached hydrogen (secondary N) is 1. The Morgan fingerprint density at radius 2 is 1.74 bits per heavy atom. The molecule has 134 valence electrons. The van der Waals surface area contributed by atoms with Crippen molar-refractivity contribution in [2.75, 3.05) is 0 Å². The van der Waals surface area contributed by atoms with Gasteiger partial charge < -0.3 is 5.32 Å². The first kappa shape index (κ1) is 18.5. The van der Waals surface area contributed by atoms with Gasteiger partial charge in [-0.2, -0.15) is 0 Å². The van der Waals surface area contributed by atoms with Gasteiger partial charge >= 0.3 is 0 Å². The van der Waals surface area contributed by atoms with Crippen LogP contribution in [0.2, 0.25) is 0 Å². The maximum atomic E-state index is 3.22. The van der Waals surface area contributed by atoms with Crippen molar-refractivity contribution in [2.24, 2.45) is 0 Å². The molecule has 3 aromatic rings. The number of rotatable bonds is 6. The van der Waals surface area contributed by atoms with Gasteiger partial charge in [0.2, 0.25) is 0 Å². The summed E-state index contributed by atoms with van der Waals surface area (Å²) in [5, 5.41) is 8.42. The molecule has 0 bridgehead atoms. The lowest BCUT2D eigenvalue weighted by molar-refractivity contribution is 0.965. The van der Waals surface area contributed by atoms with Crippen molar-refractivity contribution in [1.29, 1.82) is 0 Å². The second-order valence-corrected chi connectivity index (χ2v) is 6.43. The van der Waals surface area contributed by atoms with Crippen LogP contribution in [-0.4, -0.2) is 0 Å². The third-order valence-corrected chi connectivity index (χ3v) is 4.54. The maximum Gasteiger partial charge on any atom is 0.0183 e. The summed E-state index contributed by atoms with van der Waals surface area (Å²) in [7, 11) is 0. The summed E-state index contributed by atoms with van der Waals surface area (Å²) in [5.74, 6) is 6.24. The number of hydrogen-bond acceptors (Lipinski definition) is 1. The Morgan fingerprint density at radius 3 is 2.52 bits per heavy atom. The minimum atomic E-state index is 0.914. The zero-order chi connectivity index (χ0) is 18.9. The first-order chi connectivity index (χ1) is 13.3. The third-order valence-electron chi connectivity index (χ3n) is 4.54. The fraction of sp³-hybridized carbons (Fsp3) is 0.154. The SMILES string of the molecule is CC#CC(=CNC=CC=CC)CCc1cccc2cc3ccccc3cc12. The van der Waals surface area contributed by atoms with Crippen LogP contribution in [0.1, 0.15) is 25.8 Å². The predicted octanol–water partition coefficient (Wildman–Crippen LogP) is 6.51. The van der Waals surface area contributed by atoms with Gasteiger partial charge in [0.05, 0.1) is 0 Å². The van der Waals surface area contributed by atoms with Crippen LogP contribution in [-0.2, 0) is 6.42 Å². The van der Waals surface area contributed by atoms with Crippen LogP contribution >= 0.6 is 0 Å². The topological polar surface area (TPSA) is 12.0 Å². The summed E-state index contributed by atoms with van der Waals surface area (Å²) in [4.78, 5) is 0. The zero-order valence-corrected chi connectivity index (χ0v) is 16.0. The minimum absolute atomic E-state index is 0.914. The van der Waals surface area contributed by atoms with E-state index in [1.54, 1.807) is 0 Å². The quantitative estimate of drug-likeness (QED) is 0.303. The maximum absolute atomic E-state index is 3.22. The van der Waals surface area contributed by atoms with E-state index in [1.165, 1.54) is 27.1 Å². The first-order valence-corrected chi connectivity index (χ1v) is 9.38. The Kier molecular flexibility index (Phi) is 6.50. The Bertz CT molecular complexity index is 1070. The highest BCUT2D eigenvalue weighted by Gasteiger charge is 2.04. The summed E-state index contributed by atoms with van der Waals surface area (Å²) in [6.07, 6.45) is 11.8. The predicted molar refractivity (Wildman–Crippen MR) is 118 cm³/mol. The molecule has 0 aliphatic rings. The lowest BCUT2D eigenvalue weighted by Gasteiger charge is -2.09. The van der Waals surface area contributed by atoms with Crippen molar-refractivity contribution >= 4 is 21.5 Å². The summed E-state index contributed by atoms with van der Waals surface area (Å²) in [5.41, 5.74) is 2.48. The molecule has 0 spiro atoms. The van der Waals surface area contributed by atoms with E-state index < -0.39 is 0 Å². The van der Waals surface area contributed by atoms with Crippen LogP contribution in [0.15, 0.2) is 90.8 Å². The largest absolute Gasteiger partial charge is 0.367 e. The van der Waals surface area contributed by atoms with E-state index >= 15 is 0 Å². The molecule has 1 N–H and O–H groups in total. The molecule has 3 aromatic carbocycles. The Labute approximate surface area is 162 Å². The number of hydrogen-bond donors (Lipinski definition) is 1. The fourth-order valence-electron chi connectivity index (χ4n) is 3.22. The van der Waals surface area contributed by atoms with E-state index in [4.69, 9.17) is 0 Å². The molecule has 0 aromatic heterocycles. The molecule has 0 heterocycles. The highest BCUT2D eigenvalue weighted by molar-refractivity contribution is 5.99. The van der Waals surface area contributed by atoms with Gasteiger partial charge in [0.1, 0.15) is 0 Å². The number of allylic oxidation sites excluding steroid dienone is 4. The van der Waals surface area contributed by atoms with Crippen LogP contribution in [0, 0.1) is 11.8 Å². The van der Waals surface area contributed by atoms with Gasteiger partial charge in [-0.3, -0.25) is 0 Å². The second-order valence-electron chi connectivity index (χ2n) is 6.43. The molecule has 27 heavy (non-hydrogen) atoms. The molecule has 0 aliphatic carbocycles. The summed E-state index contributed by atoms with van der Waals surface area (Å²) in [6.45, 7) is 3.88. The minimum Gasteiger partial charge on any atom is -0.367 e. The molecule has 0 saturated heterocycles. The molecule has 0 unspecified atom stereocenters. The number of fused-ring (bicyclic) bond motifs is 2. The number of aryl methyl sites for hydroxylation is 1. The molecular formula is C26H25N.